The van der Waals surface area contributed by atoms with E-state index in [0.717, 1.165) is 22.2 Å². The van der Waals surface area contributed by atoms with Gasteiger partial charge in [-0.15, -0.1) is 0 Å². The smallest absolute Gasteiger partial charge is 0.254 e. The Bertz CT molecular complexity index is 1240. The van der Waals surface area contributed by atoms with E-state index in [-0.39, 0.29) is 17.8 Å². The molecule has 1 atom stereocenters. The fraction of sp³-hybridized carbons (Fsp3) is 0.238. The Morgan fingerprint density at radius 1 is 1.17 bits per heavy atom. The SMILES string of the molecule is Cc1cc(C2CN(C(=O)c3ccc4cc(O)ccc4c3)CCO2)n2ncnc2n1. The fourth-order valence-corrected chi connectivity index (χ4v) is 3.75. The number of aryl methyl sites for hydroxylation is 1. The molecule has 1 aliphatic heterocycles. The molecule has 0 saturated carbocycles. The van der Waals surface area contributed by atoms with E-state index in [4.69, 9.17) is 4.74 Å². The minimum Gasteiger partial charge on any atom is -0.508 e. The number of nitrogens with zero attached hydrogens (tertiary/aromatic N) is 5. The molecule has 1 amide bonds. The van der Waals surface area contributed by atoms with E-state index in [2.05, 4.69) is 15.1 Å². The van der Waals surface area contributed by atoms with E-state index >= 15 is 0 Å². The van der Waals surface area contributed by atoms with E-state index in [9.17, 15) is 9.90 Å². The highest BCUT2D eigenvalue weighted by molar-refractivity contribution is 5.98. The summed E-state index contributed by atoms with van der Waals surface area (Å²) in [7, 11) is 0. The first kappa shape index (κ1) is 17.6. The maximum absolute atomic E-state index is 13.1. The van der Waals surface area contributed by atoms with Gasteiger partial charge >= 0.3 is 0 Å². The van der Waals surface area contributed by atoms with Gasteiger partial charge in [0.15, 0.2) is 0 Å². The molecule has 146 valence electrons. The second-order valence-electron chi connectivity index (χ2n) is 7.15. The molecule has 29 heavy (non-hydrogen) atoms. The Kier molecular flexibility index (Phi) is 4.13. The number of amides is 1. The minimum atomic E-state index is -0.309. The Hall–Kier alpha value is -3.52. The number of phenolic OH excluding ortho intramolecular Hbond substituents is 1. The van der Waals surface area contributed by atoms with E-state index < -0.39 is 0 Å². The molecule has 0 radical (unpaired) electrons. The molecule has 8 nitrogen and oxygen atoms in total. The number of aromatic nitrogens is 4. The number of benzene rings is 2. The highest BCUT2D eigenvalue weighted by atomic mass is 16.5. The Morgan fingerprint density at radius 3 is 2.90 bits per heavy atom. The third-order valence-electron chi connectivity index (χ3n) is 5.16. The predicted octanol–water partition coefficient (Wildman–Crippen LogP) is 2.51. The number of fused-ring (bicyclic) bond motifs is 2. The summed E-state index contributed by atoms with van der Waals surface area (Å²) in [6, 6.07) is 12.5. The van der Waals surface area contributed by atoms with Crippen molar-refractivity contribution in [1.82, 2.24) is 24.5 Å². The van der Waals surface area contributed by atoms with Crippen LogP contribution in [0.4, 0.5) is 0 Å². The largest absolute Gasteiger partial charge is 0.508 e. The lowest BCUT2D eigenvalue weighted by molar-refractivity contribution is -0.0257. The van der Waals surface area contributed by atoms with Crippen LogP contribution in [0.2, 0.25) is 0 Å². The van der Waals surface area contributed by atoms with Crippen molar-refractivity contribution < 1.29 is 14.6 Å². The van der Waals surface area contributed by atoms with Crippen molar-refractivity contribution in [3.8, 4) is 5.75 Å². The van der Waals surface area contributed by atoms with Crippen molar-refractivity contribution in [2.75, 3.05) is 19.7 Å². The second kappa shape index (κ2) is 6.82. The summed E-state index contributed by atoms with van der Waals surface area (Å²) in [5.41, 5.74) is 2.27. The lowest BCUT2D eigenvalue weighted by Gasteiger charge is -2.33. The standard InChI is InChI=1S/C21H19N5O3/c1-13-8-18(26-21(24-13)22-12-23-26)19-11-25(6-7-29-19)20(28)16-3-2-15-10-17(27)5-4-14(15)9-16/h2-5,8-10,12,19,27H,6-7,11H2,1H3. The van der Waals surface area contributed by atoms with Gasteiger partial charge in [0.2, 0.25) is 0 Å². The van der Waals surface area contributed by atoms with Crippen molar-refractivity contribution in [1.29, 1.82) is 0 Å². The van der Waals surface area contributed by atoms with Gasteiger partial charge in [-0.1, -0.05) is 12.1 Å². The number of hydrogen-bond donors (Lipinski definition) is 1. The highest BCUT2D eigenvalue weighted by Gasteiger charge is 2.28. The molecular formula is C21H19N5O3. The van der Waals surface area contributed by atoms with Gasteiger partial charge in [-0.25, -0.2) is 4.98 Å². The lowest BCUT2D eigenvalue weighted by Crippen LogP contribution is -2.42. The summed E-state index contributed by atoms with van der Waals surface area (Å²) >= 11 is 0. The number of aromatic hydroxyl groups is 1. The molecule has 0 bridgehead atoms. The van der Waals surface area contributed by atoms with Crippen LogP contribution in [0.5, 0.6) is 5.75 Å². The van der Waals surface area contributed by atoms with Crippen LogP contribution in [0.1, 0.15) is 27.8 Å². The van der Waals surface area contributed by atoms with Crippen LogP contribution < -0.4 is 0 Å². The zero-order valence-corrected chi connectivity index (χ0v) is 15.8. The molecule has 8 heteroatoms. The van der Waals surface area contributed by atoms with Crippen molar-refractivity contribution >= 4 is 22.5 Å². The molecule has 0 aliphatic carbocycles. The molecule has 1 N–H and O–H groups in total. The molecule has 1 aliphatic rings. The summed E-state index contributed by atoms with van der Waals surface area (Å²) in [5.74, 6) is 0.679. The molecule has 1 fully saturated rings. The Labute approximate surface area is 166 Å². The quantitative estimate of drug-likeness (QED) is 0.566. The zero-order valence-electron chi connectivity index (χ0n) is 15.8. The number of morpholine rings is 1. The maximum atomic E-state index is 13.1. The first-order valence-electron chi connectivity index (χ1n) is 9.39. The molecule has 4 aromatic rings. The van der Waals surface area contributed by atoms with Crippen LogP contribution in [0.25, 0.3) is 16.6 Å². The summed E-state index contributed by atoms with van der Waals surface area (Å²) in [6.07, 6.45) is 1.15. The first-order chi connectivity index (χ1) is 14.1. The summed E-state index contributed by atoms with van der Waals surface area (Å²) in [5, 5.41) is 15.7. The highest BCUT2D eigenvalue weighted by Crippen LogP contribution is 2.26. The molecule has 5 rings (SSSR count). The first-order valence-corrected chi connectivity index (χ1v) is 9.39. The summed E-state index contributed by atoms with van der Waals surface area (Å²) in [6.45, 7) is 3.28. The van der Waals surface area contributed by atoms with Gasteiger partial charge in [0.1, 0.15) is 18.2 Å². The van der Waals surface area contributed by atoms with Crippen molar-refractivity contribution in [3.05, 3.63) is 65.7 Å². The van der Waals surface area contributed by atoms with Gasteiger partial charge in [-0.2, -0.15) is 14.6 Å². The van der Waals surface area contributed by atoms with E-state index in [1.165, 1.54) is 6.33 Å². The zero-order chi connectivity index (χ0) is 20.0. The predicted molar refractivity (Wildman–Crippen MR) is 106 cm³/mol. The normalized spacial score (nSPS) is 17.1. The maximum Gasteiger partial charge on any atom is 0.254 e. The van der Waals surface area contributed by atoms with Crippen molar-refractivity contribution in [3.63, 3.8) is 0 Å². The third-order valence-corrected chi connectivity index (χ3v) is 5.16. The molecule has 2 aromatic carbocycles. The summed E-state index contributed by atoms with van der Waals surface area (Å²) < 4.78 is 7.62. The number of ether oxygens (including phenoxy) is 1. The molecular weight excluding hydrogens is 370 g/mol. The fourth-order valence-electron chi connectivity index (χ4n) is 3.75. The van der Waals surface area contributed by atoms with Crippen LogP contribution in [-0.4, -0.2) is 55.2 Å². The topological polar surface area (TPSA) is 92.9 Å². The van der Waals surface area contributed by atoms with E-state index in [0.29, 0.717) is 31.0 Å². The third kappa shape index (κ3) is 3.17. The van der Waals surface area contributed by atoms with Gasteiger partial charge in [-0.3, -0.25) is 4.79 Å². The Balaban J connectivity index is 1.43. The molecule has 2 aromatic heterocycles. The molecule has 1 unspecified atom stereocenters. The molecule has 3 heterocycles. The average molecular weight is 389 g/mol. The number of phenols is 1. The van der Waals surface area contributed by atoms with Crippen molar-refractivity contribution in [2.24, 2.45) is 0 Å². The van der Waals surface area contributed by atoms with Crippen LogP contribution in [0, 0.1) is 6.92 Å². The van der Waals surface area contributed by atoms with Crippen LogP contribution in [0.15, 0.2) is 48.8 Å². The van der Waals surface area contributed by atoms with Gasteiger partial charge in [0.05, 0.1) is 18.8 Å². The minimum absolute atomic E-state index is 0.0473. The van der Waals surface area contributed by atoms with Gasteiger partial charge in [0.25, 0.3) is 11.7 Å². The summed E-state index contributed by atoms with van der Waals surface area (Å²) in [4.78, 5) is 23.5. The number of rotatable bonds is 2. The molecule has 1 saturated heterocycles. The lowest BCUT2D eigenvalue weighted by atomic mass is 10.1. The average Bonchev–Trinajstić information content (AvgIpc) is 3.20. The van der Waals surface area contributed by atoms with Gasteiger partial charge < -0.3 is 14.7 Å². The molecule has 0 spiro atoms. The van der Waals surface area contributed by atoms with Crippen LogP contribution in [0.3, 0.4) is 0 Å². The van der Waals surface area contributed by atoms with Crippen LogP contribution in [-0.2, 0) is 4.74 Å². The second-order valence-corrected chi connectivity index (χ2v) is 7.15. The Morgan fingerprint density at radius 2 is 2.00 bits per heavy atom. The van der Waals surface area contributed by atoms with E-state index in [1.54, 1.807) is 27.6 Å². The monoisotopic (exact) mass is 389 g/mol. The number of carbonyl (C=O) groups excluding carboxylic acids is 1. The number of carbonyl (C=O) groups is 1. The van der Waals surface area contributed by atoms with Crippen molar-refractivity contribution in [2.45, 2.75) is 13.0 Å². The number of hydrogen-bond acceptors (Lipinski definition) is 6. The van der Waals surface area contributed by atoms with Gasteiger partial charge in [0, 0.05) is 17.8 Å². The van der Waals surface area contributed by atoms with Gasteiger partial charge in [-0.05, 0) is 48.0 Å². The van der Waals surface area contributed by atoms with Crippen LogP contribution >= 0.6 is 0 Å². The van der Waals surface area contributed by atoms with E-state index in [1.807, 2.05) is 31.2 Å².